The highest BCUT2D eigenvalue weighted by Crippen LogP contribution is 2.25. The lowest BCUT2D eigenvalue weighted by atomic mass is 9.91. The fourth-order valence-electron chi connectivity index (χ4n) is 2.32. The van der Waals surface area contributed by atoms with Crippen LogP contribution in [0.1, 0.15) is 39.0 Å². The minimum atomic E-state index is 0.191. The fourth-order valence-corrected chi connectivity index (χ4v) is 2.32. The molecule has 1 atom stereocenters. The Morgan fingerprint density at radius 3 is 2.65 bits per heavy atom. The maximum absolute atomic E-state index is 8.92. The van der Waals surface area contributed by atoms with Crippen LogP contribution in [0, 0.1) is 0 Å². The fraction of sp³-hybridized carbons (Fsp3) is 1.00. The molecule has 0 spiro atoms. The Bertz CT molecular complexity index is 186. The van der Waals surface area contributed by atoms with E-state index in [0.29, 0.717) is 6.54 Å². The summed E-state index contributed by atoms with van der Waals surface area (Å²) in [6, 6.07) is 0.738. The third-order valence-corrected chi connectivity index (χ3v) is 3.60. The summed E-state index contributed by atoms with van der Waals surface area (Å²) in [6.07, 6.45) is 6.05. The van der Waals surface area contributed by atoms with Crippen LogP contribution in [-0.4, -0.2) is 55.0 Å². The van der Waals surface area contributed by atoms with E-state index in [2.05, 4.69) is 4.90 Å². The van der Waals surface area contributed by atoms with Crippen molar-refractivity contribution in [2.45, 2.75) is 51.2 Å². The number of nitrogens with zero attached hydrogens (tertiary/aromatic N) is 1. The van der Waals surface area contributed by atoms with Gasteiger partial charge >= 0.3 is 0 Å². The second-order valence-electron chi connectivity index (χ2n) is 4.80. The normalized spacial score (nSPS) is 18.4. The van der Waals surface area contributed by atoms with Gasteiger partial charge in [0.15, 0.2) is 0 Å². The number of nitrogens with two attached hydrogens (primary N) is 1. The molecule has 1 rings (SSSR count). The SMILES string of the molecule is CCOC(CN)CCN(CCCO)C1CCC1. The maximum atomic E-state index is 8.92. The number of aliphatic hydroxyl groups is 1. The van der Waals surface area contributed by atoms with E-state index in [1.54, 1.807) is 0 Å². The third-order valence-electron chi connectivity index (χ3n) is 3.60. The molecule has 0 aliphatic heterocycles. The Kier molecular flexibility index (Phi) is 7.77. The van der Waals surface area contributed by atoms with Crippen molar-refractivity contribution in [1.29, 1.82) is 0 Å². The molecule has 17 heavy (non-hydrogen) atoms. The molecule has 0 amide bonds. The van der Waals surface area contributed by atoms with Crippen molar-refractivity contribution in [3.8, 4) is 0 Å². The van der Waals surface area contributed by atoms with Gasteiger partial charge in [0.2, 0.25) is 0 Å². The lowest BCUT2D eigenvalue weighted by molar-refractivity contribution is 0.0408. The zero-order valence-electron chi connectivity index (χ0n) is 11.1. The molecule has 0 aromatic heterocycles. The average molecular weight is 244 g/mol. The Labute approximate surface area is 105 Å². The summed E-state index contributed by atoms with van der Waals surface area (Å²) in [5, 5.41) is 8.92. The number of hydrogen-bond donors (Lipinski definition) is 2. The lowest BCUT2D eigenvalue weighted by Crippen LogP contribution is -2.43. The number of aliphatic hydroxyl groups excluding tert-OH is 1. The zero-order valence-corrected chi connectivity index (χ0v) is 11.1. The molecule has 1 saturated carbocycles. The van der Waals surface area contributed by atoms with Crippen LogP contribution in [0.15, 0.2) is 0 Å². The molecule has 0 radical (unpaired) electrons. The molecule has 0 aromatic carbocycles. The standard InChI is InChI=1S/C13H28N2O2/c1-2-17-13(11-14)7-9-15(8-4-10-16)12-5-3-6-12/h12-13,16H,2-11,14H2,1H3. The van der Waals surface area contributed by atoms with Crippen molar-refractivity contribution < 1.29 is 9.84 Å². The molecule has 0 heterocycles. The largest absolute Gasteiger partial charge is 0.396 e. The van der Waals surface area contributed by atoms with Crippen molar-refractivity contribution in [2.24, 2.45) is 5.73 Å². The first-order chi connectivity index (χ1) is 8.31. The van der Waals surface area contributed by atoms with Crippen molar-refractivity contribution in [2.75, 3.05) is 32.8 Å². The predicted molar refractivity (Wildman–Crippen MR) is 70.0 cm³/mol. The number of rotatable bonds is 10. The molecule has 102 valence electrons. The van der Waals surface area contributed by atoms with E-state index in [1.807, 2.05) is 6.92 Å². The molecule has 1 fully saturated rings. The van der Waals surface area contributed by atoms with Crippen molar-refractivity contribution in [1.82, 2.24) is 4.90 Å². The first kappa shape index (κ1) is 14.9. The zero-order chi connectivity index (χ0) is 12.5. The molecule has 4 heteroatoms. The van der Waals surface area contributed by atoms with Crippen LogP contribution in [-0.2, 0) is 4.74 Å². The summed E-state index contributed by atoms with van der Waals surface area (Å²) in [5.41, 5.74) is 5.68. The van der Waals surface area contributed by atoms with Crippen LogP contribution in [0.4, 0.5) is 0 Å². The molecular formula is C13H28N2O2. The van der Waals surface area contributed by atoms with Gasteiger partial charge < -0.3 is 20.5 Å². The van der Waals surface area contributed by atoms with E-state index in [-0.39, 0.29) is 12.7 Å². The summed E-state index contributed by atoms with van der Waals surface area (Å²) in [4.78, 5) is 2.50. The van der Waals surface area contributed by atoms with Crippen LogP contribution in [0.25, 0.3) is 0 Å². The van der Waals surface area contributed by atoms with Gasteiger partial charge in [-0.05, 0) is 32.6 Å². The van der Waals surface area contributed by atoms with Crippen LogP contribution >= 0.6 is 0 Å². The highest BCUT2D eigenvalue weighted by molar-refractivity contribution is 4.80. The first-order valence-corrected chi connectivity index (χ1v) is 6.98. The van der Waals surface area contributed by atoms with Crippen molar-refractivity contribution in [3.63, 3.8) is 0 Å². The van der Waals surface area contributed by atoms with Gasteiger partial charge in [-0.1, -0.05) is 6.42 Å². The first-order valence-electron chi connectivity index (χ1n) is 6.98. The minimum absolute atomic E-state index is 0.191. The van der Waals surface area contributed by atoms with Gasteiger partial charge in [-0.2, -0.15) is 0 Å². The van der Waals surface area contributed by atoms with Crippen LogP contribution < -0.4 is 5.73 Å². The molecule has 1 aliphatic carbocycles. The summed E-state index contributed by atoms with van der Waals surface area (Å²) in [6.45, 7) is 5.69. The molecule has 1 aliphatic rings. The maximum Gasteiger partial charge on any atom is 0.0709 e. The second-order valence-corrected chi connectivity index (χ2v) is 4.80. The Morgan fingerprint density at radius 2 is 2.18 bits per heavy atom. The second kappa shape index (κ2) is 8.86. The van der Waals surface area contributed by atoms with E-state index >= 15 is 0 Å². The lowest BCUT2D eigenvalue weighted by Gasteiger charge is -2.38. The molecule has 1 unspecified atom stereocenters. The van der Waals surface area contributed by atoms with Crippen LogP contribution in [0.3, 0.4) is 0 Å². The highest BCUT2D eigenvalue weighted by Gasteiger charge is 2.24. The summed E-state index contributed by atoms with van der Waals surface area (Å²) in [7, 11) is 0. The predicted octanol–water partition coefficient (Wildman–Crippen LogP) is 0.977. The van der Waals surface area contributed by atoms with E-state index in [4.69, 9.17) is 15.6 Å². The molecule has 0 aromatic rings. The quantitative estimate of drug-likeness (QED) is 0.601. The minimum Gasteiger partial charge on any atom is -0.396 e. The van der Waals surface area contributed by atoms with Gasteiger partial charge in [0.05, 0.1) is 6.10 Å². The molecule has 3 N–H and O–H groups in total. The number of hydrogen-bond acceptors (Lipinski definition) is 4. The van der Waals surface area contributed by atoms with E-state index < -0.39 is 0 Å². The third kappa shape index (κ3) is 5.34. The van der Waals surface area contributed by atoms with Crippen LogP contribution in [0.5, 0.6) is 0 Å². The monoisotopic (exact) mass is 244 g/mol. The van der Waals surface area contributed by atoms with Crippen molar-refractivity contribution in [3.05, 3.63) is 0 Å². The van der Waals surface area contributed by atoms with Gasteiger partial charge in [-0.3, -0.25) is 0 Å². The summed E-state index contributed by atoms with van der Waals surface area (Å²) in [5.74, 6) is 0. The van der Waals surface area contributed by atoms with Crippen molar-refractivity contribution >= 4 is 0 Å². The molecule has 0 saturated heterocycles. The topological polar surface area (TPSA) is 58.7 Å². The van der Waals surface area contributed by atoms with Gasteiger partial charge in [0.1, 0.15) is 0 Å². The van der Waals surface area contributed by atoms with Gasteiger partial charge in [0.25, 0.3) is 0 Å². The molecule has 4 nitrogen and oxygen atoms in total. The highest BCUT2D eigenvalue weighted by atomic mass is 16.5. The Hall–Kier alpha value is -0.160. The van der Waals surface area contributed by atoms with E-state index in [0.717, 1.165) is 38.6 Å². The van der Waals surface area contributed by atoms with Crippen LogP contribution in [0.2, 0.25) is 0 Å². The van der Waals surface area contributed by atoms with E-state index in [1.165, 1.54) is 19.3 Å². The smallest absolute Gasteiger partial charge is 0.0709 e. The molecule has 0 bridgehead atoms. The van der Waals surface area contributed by atoms with Gasteiger partial charge in [0, 0.05) is 38.9 Å². The Morgan fingerprint density at radius 1 is 1.41 bits per heavy atom. The summed E-state index contributed by atoms with van der Waals surface area (Å²) < 4.78 is 5.58. The number of ether oxygens (including phenoxy) is 1. The summed E-state index contributed by atoms with van der Waals surface area (Å²) >= 11 is 0. The Balaban J connectivity index is 2.26. The molecular weight excluding hydrogens is 216 g/mol. The van der Waals surface area contributed by atoms with Gasteiger partial charge in [-0.15, -0.1) is 0 Å². The van der Waals surface area contributed by atoms with Gasteiger partial charge in [-0.25, -0.2) is 0 Å². The van der Waals surface area contributed by atoms with E-state index in [9.17, 15) is 0 Å². The average Bonchev–Trinajstić information content (AvgIpc) is 2.28.